The molecule has 126 valence electrons. The minimum atomic E-state index is -3.27. The van der Waals surface area contributed by atoms with E-state index in [9.17, 15) is 18.0 Å². The molecule has 8 heteroatoms. The Labute approximate surface area is 137 Å². The van der Waals surface area contributed by atoms with Crippen LogP contribution < -0.4 is 0 Å². The number of rotatable bonds is 6. The summed E-state index contributed by atoms with van der Waals surface area (Å²) < 4.78 is 24.6. The van der Waals surface area contributed by atoms with Crippen LogP contribution in [-0.2, 0) is 19.6 Å². The fourth-order valence-corrected chi connectivity index (χ4v) is 3.51. The van der Waals surface area contributed by atoms with Crippen LogP contribution in [-0.4, -0.2) is 61.5 Å². The first kappa shape index (κ1) is 19.2. The van der Waals surface area contributed by atoms with Gasteiger partial charge in [-0.25, -0.2) is 12.7 Å². The van der Waals surface area contributed by atoms with E-state index in [1.165, 1.54) is 41.1 Å². The minimum absolute atomic E-state index is 0.0189. The molecule has 22 heavy (non-hydrogen) atoms. The van der Waals surface area contributed by atoms with Crippen molar-refractivity contribution in [3.8, 4) is 0 Å². The summed E-state index contributed by atoms with van der Waals surface area (Å²) in [5.74, 6) is 0.148. The maximum absolute atomic E-state index is 12.1. The van der Waals surface area contributed by atoms with Crippen LogP contribution in [0.25, 0.3) is 0 Å². The molecule has 6 nitrogen and oxygen atoms in total. The highest BCUT2D eigenvalue weighted by molar-refractivity contribution is 8.04. The molecule has 1 aliphatic heterocycles. The zero-order valence-corrected chi connectivity index (χ0v) is 15.4. The summed E-state index contributed by atoms with van der Waals surface area (Å²) in [6.07, 6.45) is 1.84. The SMILES string of the molecule is CN(C)S(=O)(=O)CCCN1C(=O)CS/C1=C/C(=O)C(C)(C)C. The Bertz CT molecular complexity index is 574. The lowest BCUT2D eigenvalue weighted by atomic mass is 9.91. The number of ketones is 1. The molecule has 1 aliphatic rings. The maximum atomic E-state index is 12.1. The van der Waals surface area contributed by atoms with Crippen molar-refractivity contribution in [2.45, 2.75) is 27.2 Å². The Morgan fingerprint density at radius 3 is 2.45 bits per heavy atom. The lowest BCUT2D eigenvalue weighted by Crippen LogP contribution is -2.30. The molecule has 0 saturated carbocycles. The van der Waals surface area contributed by atoms with Crippen LogP contribution in [0, 0.1) is 5.41 Å². The largest absolute Gasteiger partial charge is 0.306 e. The number of allylic oxidation sites excluding steroid dienone is 1. The molecule has 1 saturated heterocycles. The van der Waals surface area contributed by atoms with Crippen molar-refractivity contribution < 1.29 is 18.0 Å². The lowest BCUT2D eigenvalue weighted by molar-refractivity contribution is -0.125. The molecule has 0 aliphatic carbocycles. The second-order valence-electron chi connectivity index (χ2n) is 6.38. The number of hydrogen-bond donors (Lipinski definition) is 0. The third-order valence-corrected chi connectivity index (χ3v) is 6.19. The fraction of sp³-hybridized carbons (Fsp3) is 0.714. The van der Waals surface area contributed by atoms with Crippen molar-refractivity contribution >= 4 is 33.5 Å². The molecule has 0 aromatic carbocycles. The molecule has 1 rings (SSSR count). The summed E-state index contributed by atoms with van der Waals surface area (Å²) in [6, 6.07) is 0. The molecule has 0 bridgehead atoms. The second-order valence-corrected chi connectivity index (χ2v) is 9.68. The second kappa shape index (κ2) is 7.14. The molecule has 0 aromatic rings. The lowest BCUT2D eigenvalue weighted by Gasteiger charge is -2.19. The third-order valence-electron chi connectivity index (χ3n) is 3.24. The van der Waals surface area contributed by atoms with Gasteiger partial charge in [0.25, 0.3) is 0 Å². The predicted molar refractivity (Wildman–Crippen MR) is 88.8 cm³/mol. The fourth-order valence-electron chi connectivity index (χ4n) is 1.69. The molecular formula is C14H24N2O4S2. The first-order valence-corrected chi connectivity index (χ1v) is 9.64. The smallest absolute Gasteiger partial charge is 0.237 e. The van der Waals surface area contributed by atoms with E-state index in [0.29, 0.717) is 23.7 Å². The Balaban J connectivity index is 2.73. The number of carbonyl (C=O) groups excluding carboxylic acids is 2. The normalized spacial score (nSPS) is 18.5. The molecule has 1 amide bonds. The number of nitrogens with zero attached hydrogens (tertiary/aromatic N) is 2. The minimum Gasteiger partial charge on any atom is -0.306 e. The average Bonchev–Trinajstić information content (AvgIpc) is 2.69. The number of hydrogen-bond acceptors (Lipinski definition) is 5. The first-order valence-electron chi connectivity index (χ1n) is 7.04. The van der Waals surface area contributed by atoms with Gasteiger partial charge in [-0.15, -0.1) is 0 Å². The van der Waals surface area contributed by atoms with Gasteiger partial charge in [0.05, 0.1) is 16.5 Å². The van der Waals surface area contributed by atoms with Gasteiger partial charge in [0.2, 0.25) is 15.9 Å². The van der Waals surface area contributed by atoms with E-state index in [1.54, 1.807) is 0 Å². The van der Waals surface area contributed by atoms with E-state index in [2.05, 4.69) is 0 Å². The average molecular weight is 348 g/mol. The third kappa shape index (κ3) is 5.10. The van der Waals surface area contributed by atoms with Crippen LogP contribution in [0.1, 0.15) is 27.2 Å². The summed E-state index contributed by atoms with van der Waals surface area (Å²) in [4.78, 5) is 25.5. The highest BCUT2D eigenvalue weighted by atomic mass is 32.2. The van der Waals surface area contributed by atoms with Gasteiger partial charge in [-0.05, 0) is 6.42 Å². The molecule has 0 spiro atoms. The summed E-state index contributed by atoms with van der Waals surface area (Å²) >= 11 is 1.32. The van der Waals surface area contributed by atoms with E-state index in [0.717, 1.165) is 0 Å². The monoisotopic (exact) mass is 348 g/mol. The first-order chi connectivity index (χ1) is 9.95. The standard InChI is InChI=1S/C14H24N2O4S2/c1-14(2,3)11(17)9-13-16(12(18)10-21-13)7-6-8-22(19,20)15(4)5/h9H,6-8,10H2,1-5H3/b13-9+. The number of thioether (sulfide) groups is 1. The molecule has 1 heterocycles. The zero-order chi connectivity index (χ0) is 17.1. The van der Waals surface area contributed by atoms with Crippen molar-refractivity contribution in [2.75, 3.05) is 32.1 Å². The molecule has 0 aromatic heterocycles. The summed E-state index contributed by atoms with van der Waals surface area (Å²) in [5.41, 5.74) is -0.501. The summed E-state index contributed by atoms with van der Waals surface area (Å²) in [6.45, 7) is 5.77. The number of amides is 1. The highest BCUT2D eigenvalue weighted by Gasteiger charge is 2.29. The van der Waals surface area contributed by atoms with Gasteiger partial charge in [0.1, 0.15) is 0 Å². The van der Waals surface area contributed by atoms with Gasteiger partial charge in [-0.2, -0.15) is 0 Å². The maximum Gasteiger partial charge on any atom is 0.237 e. The van der Waals surface area contributed by atoms with E-state index in [-0.39, 0.29) is 17.4 Å². The molecule has 0 atom stereocenters. The molecule has 1 fully saturated rings. The van der Waals surface area contributed by atoms with Gasteiger partial charge >= 0.3 is 0 Å². The van der Waals surface area contributed by atoms with E-state index in [1.807, 2.05) is 20.8 Å². The zero-order valence-electron chi connectivity index (χ0n) is 13.7. The summed E-state index contributed by atoms with van der Waals surface area (Å²) in [5, 5.41) is 0.618. The Hall–Kier alpha value is -0.860. The van der Waals surface area contributed by atoms with Gasteiger partial charge in [-0.1, -0.05) is 32.5 Å². The van der Waals surface area contributed by atoms with Crippen LogP contribution in [0.4, 0.5) is 0 Å². The van der Waals surface area contributed by atoms with Crippen LogP contribution in [0.5, 0.6) is 0 Å². The van der Waals surface area contributed by atoms with Gasteiger partial charge in [-0.3, -0.25) is 9.59 Å². The van der Waals surface area contributed by atoms with Gasteiger partial charge in [0.15, 0.2) is 5.78 Å². The number of sulfonamides is 1. The quantitative estimate of drug-likeness (QED) is 0.677. The van der Waals surface area contributed by atoms with Crippen LogP contribution >= 0.6 is 11.8 Å². The van der Waals surface area contributed by atoms with Crippen molar-refractivity contribution in [1.29, 1.82) is 0 Å². The Morgan fingerprint density at radius 1 is 1.36 bits per heavy atom. The van der Waals surface area contributed by atoms with Crippen molar-refractivity contribution in [1.82, 2.24) is 9.21 Å². The highest BCUT2D eigenvalue weighted by Crippen LogP contribution is 2.30. The van der Waals surface area contributed by atoms with Crippen molar-refractivity contribution in [2.24, 2.45) is 5.41 Å². The van der Waals surface area contributed by atoms with Crippen LogP contribution in [0.2, 0.25) is 0 Å². The molecule has 0 unspecified atom stereocenters. The Morgan fingerprint density at radius 2 is 1.95 bits per heavy atom. The number of carbonyl (C=O) groups is 2. The van der Waals surface area contributed by atoms with Crippen LogP contribution in [0.15, 0.2) is 11.1 Å². The van der Waals surface area contributed by atoms with E-state index in [4.69, 9.17) is 0 Å². The van der Waals surface area contributed by atoms with Gasteiger partial charge in [0, 0.05) is 32.1 Å². The van der Waals surface area contributed by atoms with Crippen molar-refractivity contribution in [3.63, 3.8) is 0 Å². The molecule has 0 N–H and O–H groups in total. The molecular weight excluding hydrogens is 324 g/mol. The van der Waals surface area contributed by atoms with Crippen LogP contribution in [0.3, 0.4) is 0 Å². The Kier molecular flexibility index (Phi) is 6.23. The summed E-state index contributed by atoms with van der Waals surface area (Å²) in [7, 11) is -0.298. The van der Waals surface area contributed by atoms with E-state index >= 15 is 0 Å². The van der Waals surface area contributed by atoms with E-state index < -0.39 is 15.4 Å². The predicted octanol–water partition coefficient (Wildman–Crippen LogP) is 1.30. The molecule has 0 radical (unpaired) electrons. The topological polar surface area (TPSA) is 74.8 Å². The van der Waals surface area contributed by atoms with Gasteiger partial charge < -0.3 is 4.90 Å². The van der Waals surface area contributed by atoms with Crippen molar-refractivity contribution in [3.05, 3.63) is 11.1 Å².